The third kappa shape index (κ3) is 4.82. The summed E-state index contributed by atoms with van der Waals surface area (Å²) in [5, 5.41) is 1.86. The fourth-order valence-corrected chi connectivity index (χ4v) is 8.53. The molecule has 0 saturated heterocycles. The number of nitrogens with zero attached hydrogens (tertiary/aromatic N) is 3. The molecule has 8 heteroatoms. The summed E-state index contributed by atoms with van der Waals surface area (Å²) in [7, 11) is 0. The summed E-state index contributed by atoms with van der Waals surface area (Å²) >= 11 is -3.81. The maximum atomic E-state index is 6.59. The molecule has 0 bridgehead atoms. The summed E-state index contributed by atoms with van der Waals surface area (Å²) in [5.74, 6) is 2.29. The quantitative estimate of drug-likeness (QED) is 0.197. The van der Waals surface area contributed by atoms with Gasteiger partial charge in [-0.1, -0.05) is 0 Å². The molecule has 192 valence electrons. The minimum atomic E-state index is -3.81. The number of benzene rings is 4. The van der Waals surface area contributed by atoms with Crippen LogP contribution in [0.1, 0.15) is 16.8 Å². The van der Waals surface area contributed by atoms with Crippen LogP contribution in [0.3, 0.4) is 0 Å². The van der Waals surface area contributed by atoms with E-state index < -0.39 is 22.7 Å². The van der Waals surface area contributed by atoms with Crippen LogP contribution in [0.25, 0.3) is 21.9 Å². The molecular formula is C32H22InN3O4. The molecule has 2 aromatic heterocycles. The SMILES string of the molecule is Cc1ccc2cccc([O][In]3[O]c4ccccc4C=Nc4oc5ccccc5c4N=Cc4ccccc4[O]3)c2n1. The zero-order valence-electron chi connectivity index (χ0n) is 21.5. The number of pyridine rings is 1. The van der Waals surface area contributed by atoms with Crippen LogP contribution in [0.4, 0.5) is 11.6 Å². The molecule has 3 heterocycles. The van der Waals surface area contributed by atoms with Crippen molar-refractivity contribution in [3.8, 4) is 17.2 Å². The van der Waals surface area contributed by atoms with Gasteiger partial charge in [-0.25, -0.2) is 0 Å². The van der Waals surface area contributed by atoms with Gasteiger partial charge in [-0.05, 0) is 0 Å². The Morgan fingerprint density at radius 3 is 2.17 bits per heavy atom. The number of fused-ring (bicyclic) bond motifs is 6. The molecule has 0 saturated carbocycles. The Bertz CT molecular complexity index is 1930. The Labute approximate surface area is 239 Å². The summed E-state index contributed by atoms with van der Waals surface area (Å²) in [6.07, 6.45) is 3.49. The van der Waals surface area contributed by atoms with E-state index in [9.17, 15) is 0 Å². The van der Waals surface area contributed by atoms with Gasteiger partial charge in [-0.2, -0.15) is 0 Å². The van der Waals surface area contributed by atoms with Crippen molar-refractivity contribution >= 4 is 68.6 Å². The summed E-state index contributed by atoms with van der Waals surface area (Å²) in [4.78, 5) is 14.2. The normalized spacial score (nSPS) is 12.8. The van der Waals surface area contributed by atoms with Gasteiger partial charge in [0.1, 0.15) is 0 Å². The number of hydrogen-bond donors (Lipinski definition) is 0. The third-order valence-corrected chi connectivity index (χ3v) is 10.4. The van der Waals surface area contributed by atoms with Crippen molar-refractivity contribution in [2.24, 2.45) is 9.98 Å². The van der Waals surface area contributed by atoms with Crippen LogP contribution in [0.15, 0.2) is 118 Å². The number of hydrogen-bond acceptors (Lipinski definition) is 7. The van der Waals surface area contributed by atoms with Gasteiger partial charge in [-0.3, -0.25) is 0 Å². The van der Waals surface area contributed by atoms with E-state index >= 15 is 0 Å². The standard InChI is InChI=1S/C22H16N2O3.C10H9NO.In/c25-18-10-4-1-7-15(18)13-23-21-17-9-3-6-12-20(17)27-22(21)24-14-16-8-2-5-11-19(16)26;1-7-5-6-8-3-2-4-9(12)10(8)11-7;/h1-14,25-26H;2-6,12H,1H3;/q;;+3/p-3. The van der Waals surface area contributed by atoms with Gasteiger partial charge in [0.2, 0.25) is 0 Å². The molecule has 1 aliphatic rings. The number of para-hydroxylation sites is 4. The first kappa shape index (κ1) is 24.5. The molecule has 0 amide bonds. The number of rotatable bonds is 2. The topological polar surface area (TPSA) is 78.4 Å². The van der Waals surface area contributed by atoms with Crippen molar-refractivity contribution in [3.05, 3.63) is 120 Å². The van der Waals surface area contributed by atoms with E-state index in [1.807, 2.05) is 110 Å². The Balaban J connectivity index is 1.37. The molecule has 0 unspecified atom stereocenters. The van der Waals surface area contributed by atoms with Crippen LogP contribution in [0.5, 0.6) is 17.2 Å². The van der Waals surface area contributed by atoms with Gasteiger partial charge < -0.3 is 0 Å². The molecule has 7 rings (SSSR count). The summed E-state index contributed by atoms with van der Waals surface area (Å²) in [6.45, 7) is 1.96. The molecule has 0 N–H and O–H groups in total. The average molecular weight is 627 g/mol. The first-order valence-electron chi connectivity index (χ1n) is 12.9. The van der Waals surface area contributed by atoms with E-state index in [0.717, 1.165) is 33.1 Å². The van der Waals surface area contributed by atoms with Crippen molar-refractivity contribution in [3.63, 3.8) is 0 Å². The molecule has 7 nitrogen and oxygen atoms in total. The van der Waals surface area contributed by atoms with Crippen LogP contribution in [0.2, 0.25) is 0 Å². The van der Waals surface area contributed by atoms with E-state index in [2.05, 4.69) is 0 Å². The zero-order valence-corrected chi connectivity index (χ0v) is 24.8. The van der Waals surface area contributed by atoms with Crippen LogP contribution < -0.4 is 8.56 Å². The fourth-order valence-electron chi connectivity index (χ4n) is 4.58. The molecule has 0 atom stereocenters. The Hall–Kier alpha value is -4.56. The molecule has 6 aromatic rings. The van der Waals surface area contributed by atoms with Crippen molar-refractivity contribution in [1.82, 2.24) is 4.98 Å². The molecule has 4 aromatic carbocycles. The molecule has 0 aliphatic carbocycles. The number of aromatic nitrogens is 1. The second kappa shape index (κ2) is 10.5. The molecule has 40 heavy (non-hydrogen) atoms. The molecular weight excluding hydrogens is 605 g/mol. The summed E-state index contributed by atoms with van der Waals surface area (Å²) in [5.41, 5.74) is 4.60. The molecule has 1 aliphatic heterocycles. The maximum absolute atomic E-state index is 6.59. The van der Waals surface area contributed by atoms with E-state index in [4.69, 9.17) is 27.9 Å². The van der Waals surface area contributed by atoms with Gasteiger partial charge in [0.25, 0.3) is 0 Å². The van der Waals surface area contributed by atoms with E-state index in [0.29, 0.717) is 34.4 Å². The van der Waals surface area contributed by atoms with Gasteiger partial charge in [0, 0.05) is 0 Å². The average Bonchev–Trinajstić information content (AvgIpc) is 3.33. The van der Waals surface area contributed by atoms with Crippen molar-refractivity contribution in [1.29, 1.82) is 0 Å². The van der Waals surface area contributed by atoms with Gasteiger partial charge >= 0.3 is 241 Å². The molecule has 0 fully saturated rings. The van der Waals surface area contributed by atoms with Gasteiger partial charge in [-0.15, -0.1) is 0 Å². The zero-order chi connectivity index (χ0) is 26.9. The van der Waals surface area contributed by atoms with Crippen molar-refractivity contribution < 1.29 is 13.0 Å². The number of furan rings is 1. The monoisotopic (exact) mass is 627 g/mol. The van der Waals surface area contributed by atoms with Crippen LogP contribution >= 0.6 is 0 Å². The molecule has 0 radical (unpaired) electrons. The van der Waals surface area contributed by atoms with E-state index in [1.54, 1.807) is 12.4 Å². The minimum absolute atomic E-state index is 0.415. The Morgan fingerprint density at radius 1 is 0.675 bits per heavy atom. The second-order valence-corrected chi connectivity index (χ2v) is 12.9. The van der Waals surface area contributed by atoms with Gasteiger partial charge in [0.05, 0.1) is 0 Å². The first-order chi connectivity index (χ1) is 19.7. The van der Waals surface area contributed by atoms with Crippen LogP contribution in [-0.2, 0) is 0 Å². The van der Waals surface area contributed by atoms with Crippen LogP contribution in [-0.4, -0.2) is 40.2 Å². The van der Waals surface area contributed by atoms with Crippen molar-refractivity contribution in [2.45, 2.75) is 6.92 Å². The Kier molecular flexibility index (Phi) is 6.45. The predicted octanol–water partition coefficient (Wildman–Crippen LogP) is 7.63. The number of aryl methyl sites for hydroxylation is 1. The Morgan fingerprint density at radius 2 is 1.38 bits per heavy atom. The number of aliphatic imine (C=N–C) groups is 2. The van der Waals surface area contributed by atoms with E-state index in [1.165, 1.54) is 0 Å². The predicted molar refractivity (Wildman–Crippen MR) is 158 cm³/mol. The summed E-state index contributed by atoms with van der Waals surface area (Å²) in [6, 6.07) is 33.1. The third-order valence-electron chi connectivity index (χ3n) is 6.54. The van der Waals surface area contributed by atoms with E-state index in [-0.39, 0.29) is 0 Å². The van der Waals surface area contributed by atoms with Crippen molar-refractivity contribution in [2.75, 3.05) is 0 Å². The first-order valence-corrected chi connectivity index (χ1v) is 16.9. The fraction of sp³-hybridized carbons (Fsp3) is 0.0312. The molecule has 0 spiro atoms. The van der Waals surface area contributed by atoms with Gasteiger partial charge in [0.15, 0.2) is 0 Å². The second-order valence-electron chi connectivity index (χ2n) is 9.27. The summed E-state index contributed by atoms with van der Waals surface area (Å²) < 4.78 is 25.8. The van der Waals surface area contributed by atoms with Crippen LogP contribution in [0, 0.1) is 6.92 Å².